The molecule has 2 aromatic rings. The molecule has 0 unspecified atom stereocenters. The van der Waals surface area contributed by atoms with Crippen molar-refractivity contribution < 1.29 is 19.4 Å². The van der Waals surface area contributed by atoms with Gasteiger partial charge in [-0.15, -0.1) is 4.91 Å². The van der Waals surface area contributed by atoms with Gasteiger partial charge < -0.3 is 9.84 Å². The number of nitrogens with zero attached hydrogens (tertiary/aromatic N) is 1. The van der Waals surface area contributed by atoms with Crippen LogP contribution >= 0.6 is 0 Å². The van der Waals surface area contributed by atoms with E-state index in [4.69, 9.17) is 9.84 Å². The fourth-order valence-electron chi connectivity index (χ4n) is 1.62. The number of ether oxygens (including phenoxy) is 1. The second-order valence-corrected chi connectivity index (χ2v) is 3.80. The maximum absolute atomic E-state index is 12.0. The minimum Gasteiger partial charge on any atom is -0.478 e. The summed E-state index contributed by atoms with van der Waals surface area (Å²) in [6, 6.07) is 11.6. The average molecular weight is 271 g/mol. The molecule has 0 spiro atoms. The molecule has 0 amide bonds. The first-order valence-corrected chi connectivity index (χ1v) is 5.60. The van der Waals surface area contributed by atoms with Crippen molar-refractivity contribution in [1.82, 2.24) is 0 Å². The van der Waals surface area contributed by atoms with E-state index in [2.05, 4.69) is 5.18 Å². The lowest BCUT2D eigenvalue weighted by Crippen LogP contribution is -2.14. The molecule has 0 saturated heterocycles. The van der Waals surface area contributed by atoms with Crippen molar-refractivity contribution in [2.75, 3.05) is 0 Å². The molecule has 6 heteroatoms. The summed E-state index contributed by atoms with van der Waals surface area (Å²) in [5, 5.41) is 11.7. The van der Waals surface area contributed by atoms with E-state index >= 15 is 0 Å². The molecule has 0 saturated carbocycles. The van der Waals surface area contributed by atoms with E-state index in [0.29, 0.717) is 0 Å². The van der Waals surface area contributed by atoms with Gasteiger partial charge in [0.25, 0.3) is 0 Å². The molecule has 0 aliphatic carbocycles. The lowest BCUT2D eigenvalue weighted by Gasteiger charge is -2.07. The Labute approximate surface area is 113 Å². The molecule has 0 fully saturated rings. The second-order valence-electron chi connectivity index (χ2n) is 3.80. The zero-order valence-electron chi connectivity index (χ0n) is 10.1. The van der Waals surface area contributed by atoms with Crippen molar-refractivity contribution in [1.29, 1.82) is 0 Å². The molecule has 2 rings (SSSR count). The van der Waals surface area contributed by atoms with Gasteiger partial charge in [-0.05, 0) is 29.4 Å². The summed E-state index contributed by atoms with van der Waals surface area (Å²) in [4.78, 5) is 33.6. The van der Waals surface area contributed by atoms with Crippen LogP contribution in [-0.2, 0) is 0 Å². The van der Waals surface area contributed by atoms with E-state index < -0.39 is 11.9 Å². The van der Waals surface area contributed by atoms with Crippen molar-refractivity contribution in [3.63, 3.8) is 0 Å². The number of aromatic carboxylic acids is 1. The fraction of sp³-hybridized carbons (Fsp3) is 0. The molecular weight excluding hydrogens is 262 g/mol. The number of para-hydroxylation sites is 1. The average Bonchev–Trinajstić information content (AvgIpc) is 2.47. The van der Waals surface area contributed by atoms with E-state index in [1.807, 2.05) is 0 Å². The number of carboxylic acid groups (broad SMARTS) is 1. The smallest absolute Gasteiger partial charge is 0.344 e. The number of hydrogen-bond donors (Lipinski definition) is 1. The standard InChI is InChI=1S/C14H9NO5/c16-13(17)9-5-1-2-6-10(9)14(18)20-12-8-4-3-7-11(12)15-19/h1-8H,(H,16,17). The first-order valence-electron chi connectivity index (χ1n) is 5.60. The molecular formula is C14H9NO5. The molecule has 0 aliphatic heterocycles. The number of hydrogen-bond acceptors (Lipinski definition) is 5. The van der Waals surface area contributed by atoms with Crippen LogP contribution in [0.5, 0.6) is 5.75 Å². The lowest BCUT2D eigenvalue weighted by atomic mass is 10.1. The summed E-state index contributed by atoms with van der Waals surface area (Å²) in [5.41, 5.74) is -0.302. The van der Waals surface area contributed by atoms with Gasteiger partial charge in [-0.2, -0.15) is 0 Å². The van der Waals surface area contributed by atoms with Gasteiger partial charge in [0, 0.05) is 0 Å². The SMILES string of the molecule is O=Nc1ccccc1OC(=O)c1ccccc1C(=O)O. The van der Waals surface area contributed by atoms with Crippen LogP contribution < -0.4 is 4.74 Å². The number of esters is 1. The molecule has 100 valence electrons. The van der Waals surface area contributed by atoms with Crippen molar-refractivity contribution in [2.45, 2.75) is 0 Å². The Kier molecular flexibility index (Phi) is 3.85. The number of benzene rings is 2. The summed E-state index contributed by atoms with van der Waals surface area (Å²) in [6.07, 6.45) is 0. The first kappa shape index (κ1) is 13.4. The van der Waals surface area contributed by atoms with Gasteiger partial charge >= 0.3 is 11.9 Å². The Balaban J connectivity index is 2.34. The van der Waals surface area contributed by atoms with Crippen molar-refractivity contribution in [3.05, 3.63) is 64.6 Å². The van der Waals surface area contributed by atoms with Crippen LogP contribution in [0.1, 0.15) is 20.7 Å². The summed E-state index contributed by atoms with van der Waals surface area (Å²) in [7, 11) is 0. The van der Waals surface area contributed by atoms with Crippen molar-refractivity contribution in [2.24, 2.45) is 5.18 Å². The largest absolute Gasteiger partial charge is 0.478 e. The molecule has 20 heavy (non-hydrogen) atoms. The third kappa shape index (κ3) is 2.69. The Morgan fingerprint density at radius 1 is 0.950 bits per heavy atom. The maximum atomic E-state index is 12.0. The van der Waals surface area contributed by atoms with Gasteiger partial charge in [-0.25, -0.2) is 9.59 Å². The normalized spacial score (nSPS) is 9.80. The molecule has 0 aliphatic rings. The molecule has 0 bridgehead atoms. The van der Waals surface area contributed by atoms with Crippen LogP contribution in [0, 0.1) is 4.91 Å². The van der Waals surface area contributed by atoms with Crippen molar-refractivity contribution in [3.8, 4) is 5.75 Å². The third-order valence-corrected chi connectivity index (χ3v) is 2.54. The Bertz CT molecular complexity index is 681. The van der Waals surface area contributed by atoms with E-state index in [1.54, 1.807) is 12.1 Å². The van der Waals surface area contributed by atoms with Crippen LogP contribution in [0.2, 0.25) is 0 Å². The van der Waals surface area contributed by atoms with Crippen LogP contribution in [0.25, 0.3) is 0 Å². The first-order chi connectivity index (χ1) is 9.63. The maximum Gasteiger partial charge on any atom is 0.344 e. The second kappa shape index (κ2) is 5.75. The van der Waals surface area contributed by atoms with Gasteiger partial charge in [0.15, 0.2) is 11.4 Å². The molecule has 6 nitrogen and oxygen atoms in total. The number of rotatable bonds is 4. The van der Waals surface area contributed by atoms with Crippen LogP contribution in [0.3, 0.4) is 0 Å². The zero-order valence-corrected chi connectivity index (χ0v) is 10.1. The minimum atomic E-state index is -1.24. The summed E-state index contributed by atoms with van der Waals surface area (Å²) >= 11 is 0. The predicted octanol–water partition coefficient (Wildman–Crippen LogP) is 3.00. The van der Waals surface area contributed by atoms with E-state index in [-0.39, 0.29) is 22.6 Å². The highest BCUT2D eigenvalue weighted by molar-refractivity contribution is 6.03. The highest BCUT2D eigenvalue weighted by atomic mass is 16.5. The van der Waals surface area contributed by atoms with E-state index in [0.717, 1.165) is 0 Å². The minimum absolute atomic E-state index is 0.0207. The molecule has 1 N–H and O–H groups in total. The molecule has 0 atom stereocenters. The fourth-order valence-corrected chi connectivity index (χ4v) is 1.62. The van der Waals surface area contributed by atoms with Crippen LogP contribution in [-0.4, -0.2) is 17.0 Å². The van der Waals surface area contributed by atoms with Gasteiger partial charge in [-0.3, -0.25) is 0 Å². The van der Waals surface area contributed by atoms with Gasteiger partial charge in [0.05, 0.1) is 11.1 Å². The Morgan fingerprint density at radius 2 is 1.55 bits per heavy atom. The third-order valence-electron chi connectivity index (χ3n) is 2.54. The summed E-state index contributed by atoms with van der Waals surface area (Å²) in [5.74, 6) is -2.12. The highest BCUT2D eigenvalue weighted by Crippen LogP contribution is 2.27. The summed E-state index contributed by atoms with van der Waals surface area (Å²) < 4.78 is 5.02. The van der Waals surface area contributed by atoms with Crippen molar-refractivity contribution >= 4 is 17.6 Å². The van der Waals surface area contributed by atoms with Gasteiger partial charge in [-0.1, -0.05) is 24.3 Å². The van der Waals surface area contributed by atoms with E-state index in [9.17, 15) is 14.5 Å². The number of carbonyl (C=O) groups is 2. The Morgan fingerprint density at radius 3 is 2.20 bits per heavy atom. The van der Waals surface area contributed by atoms with Gasteiger partial charge in [0.2, 0.25) is 0 Å². The van der Waals surface area contributed by atoms with Gasteiger partial charge in [0.1, 0.15) is 0 Å². The Hall–Kier alpha value is -3.02. The molecule has 2 aromatic carbocycles. The number of nitroso groups, excluding NO2 is 1. The number of carbonyl (C=O) groups excluding carboxylic acids is 1. The highest BCUT2D eigenvalue weighted by Gasteiger charge is 2.18. The molecule has 0 heterocycles. The van der Waals surface area contributed by atoms with E-state index in [1.165, 1.54) is 36.4 Å². The monoisotopic (exact) mass is 271 g/mol. The quantitative estimate of drug-likeness (QED) is 0.524. The number of carboxylic acids is 1. The molecule has 0 aromatic heterocycles. The summed E-state index contributed by atoms with van der Waals surface area (Å²) in [6.45, 7) is 0. The topological polar surface area (TPSA) is 93.0 Å². The lowest BCUT2D eigenvalue weighted by molar-refractivity contribution is 0.0668. The van der Waals surface area contributed by atoms with Crippen LogP contribution in [0.4, 0.5) is 5.69 Å². The predicted molar refractivity (Wildman–Crippen MR) is 70.3 cm³/mol. The van der Waals surface area contributed by atoms with Crippen LogP contribution in [0.15, 0.2) is 53.7 Å². The zero-order chi connectivity index (χ0) is 14.5. The molecule has 0 radical (unpaired) electrons.